The second-order valence-electron chi connectivity index (χ2n) is 2.87. The van der Waals surface area contributed by atoms with Crippen molar-refractivity contribution in [3.8, 4) is 5.75 Å². The molecular weight excluding hydrogens is 202 g/mol. The number of nitrogen functional groups attached to an aromatic ring is 1. The molecule has 0 unspecified atom stereocenters. The van der Waals surface area contributed by atoms with Crippen molar-refractivity contribution in [3.05, 3.63) is 22.7 Å². The van der Waals surface area contributed by atoms with Crippen molar-refractivity contribution < 1.29 is 9.53 Å². The highest BCUT2D eigenvalue weighted by Gasteiger charge is 2.13. The van der Waals surface area contributed by atoms with Crippen LogP contribution in [0.4, 0.5) is 5.69 Å². The molecule has 0 aromatic heterocycles. The van der Waals surface area contributed by atoms with Crippen LogP contribution in [-0.4, -0.2) is 12.4 Å². The fraction of sp³-hybridized carbons (Fsp3) is 0.300. The van der Waals surface area contributed by atoms with Crippen molar-refractivity contribution in [2.75, 3.05) is 12.3 Å². The Kier molecular flexibility index (Phi) is 3.36. The minimum atomic E-state index is -0.126. The lowest BCUT2D eigenvalue weighted by molar-refractivity contribution is 0.101. The first-order valence-electron chi connectivity index (χ1n) is 4.29. The maximum Gasteiger partial charge on any atom is 0.165 e. The van der Waals surface area contributed by atoms with E-state index in [0.29, 0.717) is 28.6 Å². The Balaban J connectivity index is 3.28. The zero-order valence-electron chi connectivity index (χ0n) is 8.13. The van der Waals surface area contributed by atoms with Crippen LogP contribution in [0.15, 0.2) is 12.1 Å². The summed E-state index contributed by atoms with van der Waals surface area (Å²) in [5, 5.41) is 0.334. The lowest BCUT2D eigenvalue weighted by Crippen LogP contribution is -2.02. The maximum atomic E-state index is 11.3. The SMILES string of the molecule is CCOc1cc(N)cc(Cl)c1C(C)=O. The smallest absolute Gasteiger partial charge is 0.165 e. The molecule has 4 heteroatoms. The number of hydrogen-bond acceptors (Lipinski definition) is 3. The summed E-state index contributed by atoms with van der Waals surface area (Å²) < 4.78 is 5.27. The van der Waals surface area contributed by atoms with Gasteiger partial charge in [0.25, 0.3) is 0 Å². The zero-order valence-corrected chi connectivity index (χ0v) is 8.89. The van der Waals surface area contributed by atoms with E-state index in [-0.39, 0.29) is 5.78 Å². The van der Waals surface area contributed by atoms with Crippen LogP contribution in [0.2, 0.25) is 5.02 Å². The van der Waals surface area contributed by atoms with E-state index in [9.17, 15) is 4.79 Å². The van der Waals surface area contributed by atoms with Crippen LogP contribution in [0.1, 0.15) is 24.2 Å². The number of hydrogen-bond donors (Lipinski definition) is 1. The summed E-state index contributed by atoms with van der Waals surface area (Å²) in [7, 11) is 0. The predicted octanol–water partition coefficient (Wildman–Crippen LogP) is 2.52. The molecule has 0 radical (unpaired) electrons. The predicted molar refractivity (Wildman–Crippen MR) is 57.0 cm³/mol. The average molecular weight is 214 g/mol. The minimum absolute atomic E-state index is 0.126. The molecule has 3 nitrogen and oxygen atoms in total. The number of carbonyl (C=O) groups is 1. The van der Waals surface area contributed by atoms with Gasteiger partial charge in [-0.1, -0.05) is 11.6 Å². The largest absolute Gasteiger partial charge is 0.493 e. The molecule has 0 atom stereocenters. The molecule has 2 N–H and O–H groups in total. The lowest BCUT2D eigenvalue weighted by atomic mass is 10.1. The second-order valence-corrected chi connectivity index (χ2v) is 3.27. The summed E-state index contributed by atoms with van der Waals surface area (Å²) in [6, 6.07) is 3.15. The van der Waals surface area contributed by atoms with Gasteiger partial charge in [-0.3, -0.25) is 4.79 Å². The van der Waals surface area contributed by atoms with E-state index in [2.05, 4.69) is 0 Å². The number of halogens is 1. The number of ketones is 1. The maximum absolute atomic E-state index is 11.3. The number of rotatable bonds is 3. The molecule has 0 heterocycles. The first-order valence-corrected chi connectivity index (χ1v) is 4.66. The van der Waals surface area contributed by atoms with Crippen LogP contribution >= 0.6 is 11.6 Å². The molecule has 0 aliphatic heterocycles. The highest BCUT2D eigenvalue weighted by molar-refractivity contribution is 6.34. The zero-order chi connectivity index (χ0) is 10.7. The summed E-state index contributed by atoms with van der Waals surface area (Å²) in [5.41, 5.74) is 6.46. The van der Waals surface area contributed by atoms with Gasteiger partial charge in [-0.05, 0) is 19.9 Å². The normalized spacial score (nSPS) is 9.93. The van der Waals surface area contributed by atoms with Gasteiger partial charge in [-0.25, -0.2) is 0 Å². The van der Waals surface area contributed by atoms with Crippen molar-refractivity contribution >= 4 is 23.1 Å². The van der Waals surface area contributed by atoms with Crippen LogP contribution in [0.25, 0.3) is 0 Å². The molecular formula is C10H12ClNO2. The van der Waals surface area contributed by atoms with Crippen molar-refractivity contribution in [1.29, 1.82) is 0 Å². The van der Waals surface area contributed by atoms with Crippen molar-refractivity contribution in [2.45, 2.75) is 13.8 Å². The van der Waals surface area contributed by atoms with Crippen LogP contribution < -0.4 is 10.5 Å². The van der Waals surface area contributed by atoms with Gasteiger partial charge in [0, 0.05) is 11.8 Å². The molecule has 76 valence electrons. The van der Waals surface area contributed by atoms with E-state index in [1.807, 2.05) is 6.92 Å². The molecule has 0 fully saturated rings. The molecule has 0 bridgehead atoms. The minimum Gasteiger partial charge on any atom is -0.493 e. The molecule has 0 saturated carbocycles. The molecule has 0 amide bonds. The number of ether oxygens (including phenoxy) is 1. The summed E-state index contributed by atoms with van der Waals surface area (Å²) >= 11 is 5.88. The number of carbonyl (C=O) groups excluding carboxylic acids is 1. The Bertz CT molecular complexity index is 363. The van der Waals surface area contributed by atoms with Gasteiger partial charge >= 0.3 is 0 Å². The van der Waals surface area contributed by atoms with Gasteiger partial charge in [0.15, 0.2) is 5.78 Å². The quantitative estimate of drug-likeness (QED) is 0.620. The van der Waals surface area contributed by atoms with E-state index in [1.54, 1.807) is 12.1 Å². The topological polar surface area (TPSA) is 52.3 Å². The second kappa shape index (κ2) is 4.33. The van der Waals surface area contributed by atoms with E-state index in [4.69, 9.17) is 22.1 Å². The van der Waals surface area contributed by atoms with Gasteiger partial charge in [-0.2, -0.15) is 0 Å². The first kappa shape index (κ1) is 10.9. The summed E-state index contributed by atoms with van der Waals surface area (Å²) in [5.74, 6) is 0.323. The standard InChI is InChI=1S/C10H12ClNO2/c1-3-14-9-5-7(12)4-8(11)10(9)6(2)13/h4-5H,3,12H2,1-2H3. The highest BCUT2D eigenvalue weighted by atomic mass is 35.5. The Hall–Kier alpha value is -1.22. The van der Waals surface area contributed by atoms with Crippen LogP contribution in [-0.2, 0) is 0 Å². The molecule has 0 aliphatic carbocycles. The molecule has 0 spiro atoms. The average Bonchev–Trinajstić information content (AvgIpc) is 2.01. The van der Waals surface area contributed by atoms with Crippen LogP contribution in [0.3, 0.4) is 0 Å². The van der Waals surface area contributed by atoms with E-state index >= 15 is 0 Å². The lowest BCUT2D eigenvalue weighted by Gasteiger charge is -2.10. The number of nitrogens with two attached hydrogens (primary N) is 1. The Labute approximate surface area is 87.8 Å². The Morgan fingerprint density at radius 1 is 1.57 bits per heavy atom. The summed E-state index contributed by atoms with van der Waals surface area (Å²) in [4.78, 5) is 11.3. The Morgan fingerprint density at radius 2 is 2.21 bits per heavy atom. The molecule has 0 aliphatic rings. The molecule has 1 aromatic carbocycles. The van der Waals surface area contributed by atoms with Gasteiger partial charge in [0.05, 0.1) is 17.2 Å². The van der Waals surface area contributed by atoms with Crippen molar-refractivity contribution in [1.82, 2.24) is 0 Å². The van der Waals surface area contributed by atoms with Crippen LogP contribution in [0, 0.1) is 0 Å². The Morgan fingerprint density at radius 3 is 2.71 bits per heavy atom. The number of benzene rings is 1. The fourth-order valence-electron chi connectivity index (χ4n) is 1.21. The molecule has 0 saturated heterocycles. The summed E-state index contributed by atoms with van der Waals surface area (Å²) in [6.07, 6.45) is 0. The van der Waals surface area contributed by atoms with Gasteiger partial charge in [-0.15, -0.1) is 0 Å². The number of anilines is 1. The monoisotopic (exact) mass is 213 g/mol. The molecule has 1 rings (SSSR count). The molecule has 14 heavy (non-hydrogen) atoms. The first-order chi connectivity index (χ1) is 6.56. The van der Waals surface area contributed by atoms with Crippen molar-refractivity contribution in [2.24, 2.45) is 0 Å². The highest BCUT2D eigenvalue weighted by Crippen LogP contribution is 2.30. The third kappa shape index (κ3) is 2.17. The molecule has 1 aromatic rings. The van der Waals surface area contributed by atoms with E-state index < -0.39 is 0 Å². The van der Waals surface area contributed by atoms with Crippen LogP contribution in [0.5, 0.6) is 5.75 Å². The summed E-state index contributed by atoms with van der Waals surface area (Å²) in [6.45, 7) is 3.75. The third-order valence-electron chi connectivity index (χ3n) is 1.73. The van der Waals surface area contributed by atoms with Gasteiger partial charge in [0.1, 0.15) is 5.75 Å². The van der Waals surface area contributed by atoms with Gasteiger partial charge in [0.2, 0.25) is 0 Å². The third-order valence-corrected chi connectivity index (χ3v) is 2.03. The fourth-order valence-corrected chi connectivity index (χ4v) is 1.56. The van der Waals surface area contributed by atoms with E-state index in [1.165, 1.54) is 6.92 Å². The number of Topliss-reactive ketones (excluding diaryl/α,β-unsaturated/α-hetero) is 1. The van der Waals surface area contributed by atoms with Gasteiger partial charge < -0.3 is 10.5 Å². The van der Waals surface area contributed by atoms with Crippen molar-refractivity contribution in [3.63, 3.8) is 0 Å². The van der Waals surface area contributed by atoms with E-state index in [0.717, 1.165) is 0 Å².